The molecule has 0 atom stereocenters. The summed E-state index contributed by atoms with van der Waals surface area (Å²) in [5, 5.41) is 2.83. The smallest absolute Gasteiger partial charge is 0.243 e. The number of amides is 1. The molecule has 0 fully saturated rings. The monoisotopic (exact) mass is 319 g/mol. The Kier molecular flexibility index (Phi) is 5.50. The summed E-state index contributed by atoms with van der Waals surface area (Å²) in [4.78, 5) is 15.2. The van der Waals surface area contributed by atoms with Crippen molar-refractivity contribution in [3.63, 3.8) is 0 Å². The van der Waals surface area contributed by atoms with Crippen LogP contribution in [-0.4, -0.2) is 31.4 Å². The fraction of sp³-hybridized carbons (Fsp3) is 0.500. The van der Waals surface area contributed by atoms with Crippen molar-refractivity contribution in [1.29, 1.82) is 0 Å². The van der Waals surface area contributed by atoms with E-state index < -0.39 is 10.0 Å². The molecule has 0 aliphatic heterocycles. The van der Waals surface area contributed by atoms with Crippen molar-refractivity contribution in [2.45, 2.75) is 37.6 Å². The van der Waals surface area contributed by atoms with Crippen molar-refractivity contribution >= 4 is 27.5 Å². The summed E-state index contributed by atoms with van der Waals surface area (Å²) in [5.41, 5.74) is -0.345. The molecule has 1 heterocycles. The van der Waals surface area contributed by atoms with Crippen LogP contribution in [0.2, 0.25) is 5.02 Å². The molecule has 0 saturated heterocycles. The Balaban J connectivity index is 2.58. The number of hydrogen-bond acceptors (Lipinski definition) is 4. The minimum atomic E-state index is -3.75. The molecule has 112 valence electrons. The lowest BCUT2D eigenvalue weighted by atomic mass is 10.1. The Morgan fingerprint density at radius 1 is 1.40 bits per heavy atom. The number of sulfonamides is 1. The molecule has 1 amide bonds. The molecule has 0 aliphatic rings. The third-order valence-electron chi connectivity index (χ3n) is 2.18. The molecule has 8 heteroatoms. The number of carbonyl (C=O) groups is 1. The van der Waals surface area contributed by atoms with Crippen molar-refractivity contribution in [2.75, 3.05) is 6.54 Å². The highest BCUT2D eigenvalue weighted by molar-refractivity contribution is 7.89. The van der Waals surface area contributed by atoms with Crippen LogP contribution in [-0.2, 0) is 14.8 Å². The van der Waals surface area contributed by atoms with E-state index in [2.05, 4.69) is 15.0 Å². The first kappa shape index (κ1) is 16.9. The van der Waals surface area contributed by atoms with Crippen molar-refractivity contribution in [1.82, 2.24) is 15.0 Å². The molecule has 0 aromatic carbocycles. The summed E-state index contributed by atoms with van der Waals surface area (Å²) >= 11 is 5.80. The second-order valence-corrected chi connectivity index (χ2v) is 7.39. The number of pyridine rings is 1. The summed E-state index contributed by atoms with van der Waals surface area (Å²) < 4.78 is 26.2. The van der Waals surface area contributed by atoms with E-state index in [-0.39, 0.29) is 34.3 Å². The summed E-state index contributed by atoms with van der Waals surface area (Å²) in [6.45, 7) is 5.55. The van der Waals surface area contributed by atoms with Gasteiger partial charge in [-0.3, -0.25) is 9.78 Å². The number of nitrogens with one attached hydrogen (secondary N) is 2. The molecule has 0 saturated carbocycles. The maximum atomic E-state index is 12.0. The van der Waals surface area contributed by atoms with Crippen LogP contribution >= 0.6 is 11.6 Å². The Morgan fingerprint density at radius 2 is 2.05 bits per heavy atom. The average Bonchev–Trinajstić information content (AvgIpc) is 2.26. The second kappa shape index (κ2) is 6.51. The molecule has 1 aromatic heterocycles. The first-order valence-electron chi connectivity index (χ1n) is 6.02. The van der Waals surface area contributed by atoms with Crippen LogP contribution < -0.4 is 10.0 Å². The third-order valence-corrected chi connectivity index (χ3v) is 4.11. The topological polar surface area (TPSA) is 88.2 Å². The van der Waals surface area contributed by atoms with Crippen molar-refractivity contribution in [2.24, 2.45) is 0 Å². The first-order valence-corrected chi connectivity index (χ1v) is 7.88. The fourth-order valence-electron chi connectivity index (χ4n) is 1.42. The van der Waals surface area contributed by atoms with Gasteiger partial charge in [0.1, 0.15) is 4.90 Å². The molecule has 0 radical (unpaired) electrons. The molecule has 2 N–H and O–H groups in total. The van der Waals surface area contributed by atoms with E-state index in [1.54, 1.807) is 0 Å². The van der Waals surface area contributed by atoms with Gasteiger partial charge in [0, 0.05) is 30.9 Å². The summed E-state index contributed by atoms with van der Waals surface area (Å²) in [5.74, 6) is -0.225. The average molecular weight is 320 g/mol. The Hall–Kier alpha value is -1.18. The van der Waals surface area contributed by atoms with Gasteiger partial charge in [0.15, 0.2) is 0 Å². The summed E-state index contributed by atoms with van der Waals surface area (Å²) in [7, 11) is -3.75. The predicted molar refractivity (Wildman–Crippen MR) is 76.9 cm³/mol. The highest BCUT2D eigenvalue weighted by atomic mass is 35.5. The van der Waals surface area contributed by atoms with E-state index in [0.717, 1.165) is 0 Å². The first-order chi connectivity index (χ1) is 9.12. The van der Waals surface area contributed by atoms with Gasteiger partial charge in [-0.05, 0) is 26.8 Å². The van der Waals surface area contributed by atoms with E-state index in [4.69, 9.17) is 11.6 Å². The number of hydrogen-bond donors (Lipinski definition) is 2. The lowest BCUT2D eigenvalue weighted by Crippen LogP contribution is -2.41. The predicted octanol–water partition coefficient (Wildman–Crippen LogP) is 1.32. The lowest BCUT2D eigenvalue weighted by Gasteiger charge is -2.20. The van der Waals surface area contributed by atoms with Gasteiger partial charge in [0.25, 0.3) is 0 Å². The van der Waals surface area contributed by atoms with Crippen molar-refractivity contribution in [3.05, 3.63) is 23.5 Å². The maximum absolute atomic E-state index is 12.0. The number of aromatic nitrogens is 1. The standard InChI is InChI=1S/C12H18ClN3O3S/c1-12(2,3)16-11(17)5-7-15-20(18,19)10-8-14-6-4-9(10)13/h4,6,8,15H,5,7H2,1-3H3,(H,16,17). The summed E-state index contributed by atoms with van der Waals surface area (Å²) in [6, 6.07) is 1.39. The molecule has 20 heavy (non-hydrogen) atoms. The van der Waals surface area contributed by atoms with E-state index in [0.29, 0.717) is 0 Å². The second-order valence-electron chi connectivity index (χ2n) is 5.25. The zero-order valence-corrected chi connectivity index (χ0v) is 13.2. The van der Waals surface area contributed by atoms with Crippen LogP contribution in [0.4, 0.5) is 0 Å². The van der Waals surface area contributed by atoms with Crippen LogP contribution in [0.15, 0.2) is 23.4 Å². The van der Waals surface area contributed by atoms with E-state index in [1.807, 2.05) is 20.8 Å². The van der Waals surface area contributed by atoms with Crippen LogP contribution in [0.5, 0.6) is 0 Å². The third kappa shape index (κ3) is 5.44. The number of nitrogens with zero attached hydrogens (tertiary/aromatic N) is 1. The van der Waals surface area contributed by atoms with E-state index in [1.165, 1.54) is 18.5 Å². The quantitative estimate of drug-likeness (QED) is 0.856. The molecular weight excluding hydrogens is 302 g/mol. The largest absolute Gasteiger partial charge is 0.351 e. The van der Waals surface area contributed by atoms with Gasteiger partial charge in [-0.25, -0.2) is 13.1 Å². The van der Waals surface area contributed by atoms with E-state index >= 15 is 0 Å². The normalized spacial score (nSPS) is 12.2. The Morgan fingerprint density at radius 3 is 2.60 bits per heavy atom. The van der Waals surface area contributed by atoms with Gasteiger partial charge in [-0.2, -0.15) is 0 Å². The Labute approximate surface area is 124 Å². The van der Waals surface area contributed by atoms with Gasteiger partial charge in [0.2, 0.25) is 15.9 Å². The van der Waals surface area contributed by atoms with Gasteiger partial charge < -0.3 is 5.32 Å². The van der Waals surface area contributed by atoms with Crippen molar-refractivity contribution < 1.29 is 13.2 Å². The maximum Gasteiger partial charge on any atom is 0.243 e. The van der Waals surface area contributed by atoms with E-state index in [9.17, 15) is 13.2 Å². The molecule has 1 aromatic rings. The van der Waals surface area contributed by atoms with Crippen LogP contribution in [0, 0.1) is 0 Å². The van der Waals surface area contributed by atoms with Crippen LogP contribution in [0.1, 0.15) is 27.2 Å². The number of carbonyl (C=O) groups excluding carboxylic acids is 1. The van der Waals surface area contributed by atoms with Crippen molar-refractivity contribution in [3.8, 4) is 0 Å². The number of rotatable bonds is 5. The summed E-state index contributed by atoms with van der Waals surface area (Å²) in [6.07, 6.45) is 2.62. The molecule has 0 spiro atoms. The van der Waals surface area contributed by atoms with Gasteiger partial charge >= 0.3 is 0 Å². The highest BCUT2D eigenvalue weighted by Crippen LogP contribution is 2.18. The van der Waals surface area contributed by atoms with Gasteiger partial charge in [-0.1, -0.05) is 11.6 Å². The Bertz CT molecular complexity index is 582. The van der Waals surface area contributed by atoms with Crippen LogP contribution in [0.25, 0.3) is 0 Å². The minimum absolute atomic E-state index is 0.00449. The molecule has 1 rings (SSSR count). The molecule has 6 nitrogen and oxygen atoms in total. The van der Waals surface area contributed by atoms with Crippen LogP contribution in [0.3, 0.4) is 0 Å². The molecule has 0 unspecified atom stereocenters. The number of halogens is 1. The zero-order valence-electron chi connectivity index (χ0n) is 11.6. The molecular formula is C12H18ClN3O3S. The minimum Gasteiger partial charge on any atom is -0.351 e. The van der Waals surface area contributed by atoms with Gasteiger partial charge in [-0.15, -0.1) is 0 Å². The highest BCUT2D eigenvalue weighted by Gasteiger charge is 2.19. The fourth-order valence-corrected chi connectivity index (χ4v) is 2.88. The zero-order chi connectivity index (χ0) is 15.4. The lowest BCUT2D eigenvalue weighted by molar-refractivity contribution is -0.122. The van der Waals surface area contributed by atoms with Gasteiger partial charge in [0.05, 0.1) is 5.02 Å². The molecule has 0 aliphatic carbocycles. The molecule has 0 bridgehead atoms. The SMILES string of the molecule is CC(C)(C)NC(=O)CCNS(=O)(=O)c1cnccc1Cl.